The minimum atomic E-state index is -1.04. The number of rotatable bonds is 10. The fourth-order valence-electron chi connectivity index (χ4n) is 4.33. The standard InChI is InChI=1S/C27H34N2O5/c1-5-17(2)24(25(31)32)28-23(30)14-15-27(3,4)29-26(33)34-16-22-20-12-8-6-10-18(20)19-11-7-9-13-21(19)22/h6-13,17,22,24H,5,14-16H2,1-4H3,(H,28,30)(H,29,33)(H,31,32). The third kappa shape index (κ3) is 5.95. The number of carbonyl (C=O) groups excluding carboxylic acids is 2. The maximum absolute atomic E-state index is 12.6. The van der Waals surface area contributed by atoms with Gasteiger partial charge in [0.2, 0.25) is 5.91 Å². The number of carbonyl (C=O) groups is 3. The summed E-state index contributed by atoms with van der Waals surface area (Å²) in [5.41, 5.74) is 3.91. The van der Waals surface area contributed by atoms with Crippen LogP contribution in [0.5, 0.6) is 0 Å². The Morgan fingerprint density at radius 3 is 2.12 bits per heavy atom. The molecule has 0 bridgehead atoms. The first-order valence-electron chi connectivity index (χ1n) is 11.8. The fourth-order valence-corrected chi connectivity index (χ4v) is 4.33. The molecule has 0 saturated carbocycles. The van der Waals surface area contributed by atoms with Gasteiger partial charge in [0.25, 0.3) is 0 Å². The maximum atomic E-state index is 12.6. The van der Waals surface area contributed by atoms with Crippen molar-refractivity contribution in [3.8, 4) is 11.1 Å². The zero-order chi connectivity index (χ0) is 24.9. The van der Waals surface area contributed by atoms with E-state index in [4.69, 9.17) is 4.74 Å². The van der Waals surface area contributed by atoms with E-state index in [1.54, 1.807) is 6.92 Å². The summed E-state index contributed by atoms with van der Waals surface area (Å²) < 4.78 is 5.60. The molecule has 2 amide bonds. The van der Waals surface area contributed by atoms with Gasteiger partial charge in [0.1, 0.15) is 12.6 Å². The molecule has 0 fully saturated rings. The number of benzene rings is 2. The molecule has 1 aliphatic carbocycles. The average molecular weight is 467 g/mol. The molecule has 3 N–H and O–H groups in total. The lowest BCUT2D eigenvalue weighted by Gasteiger charge is -2.27. The van der Waals surface area contributed by atoms with E-state index in [1.165, 1.54) is 0 Å². The molecule has 7 nitrogen and oxygen atoms in total. The highest BCUT2D eigenvalue weighted by Gasteiger charge is 2.30. The van der Waals surface area contributed by atoms with Gasteiger partial charge in [-0.2, -0.15) is 0 Å². The van der Waals surface area contributed by atoms with E-state index >= 15 is 0 Å². The second-order valence-corrected chi connectivity index (χ2v) is 9.60. The van der Waals surface area contributed by atoms with E-state index in [9.17, 15) is 19.5 Å². The molecule has 0 heterocycles. The third-order valence-electron chi connectivity index (χ3n) is 6.56. The number of hydrogen-bond donors (Lipinski definition) is 3. The Morgan fingerprint density at radius 2 is 1.59 bits per heavy atom. The summed E-state index contributed by atoms with van der Waals surface area (Å²) in [6.45, 7) is 7.51. The van der Waals surface area contributed by atoms with Crippen LogP contribution in [-0.4, -0.2) is 41.3 Å². The number of ether oxygens (including phenoxy) is 1. The monoisotopic (exact) mass is 466 g/mol. The van der Waals surface area contributed by atoms with Crippen molar-refractivity contribution in [2.24, 2.45) is 5.92 Å². The molecular weight excluding hydrogens is 432 g/mol. The largest absolute Gasteiger partial charge is 0.480 e. The Labute approximate surface area is 200 Å². The van der Waals surface area contributed by atoms with Crippen molar-refractivity contribution >= 4 is 18.0 Å². The molecule has 0 spiro atoms. The number of amides is 2. The highest BCUT2D eigenvalue weighted by Crippen LogP contribution is 2.44. The molecule has 0 aliphatic heterocycles. The molecule has 7 heteroatoms. The average Bonchev–Trinajstić information content (AvgIpc) is 3.12. The van der Waals surface area contributed by atoms with Gasteiger partial charge in [0.15, 0.2) is 0 Å². The lowest BCUT2D eigenvalue weighted by atomic mass is 9.96. The van der Waals surface area contributed by atoms with Crippen molar-refractivity contribution in [1.29, 1.82) is 0 Å². The van der Waals surface area contributed by atoms with Crippen LogP contribution in [0, 0.1) is 5.92 Å². The van der Waals surface area contributed by atoms with E-state index in [1.807, 2.05) is 45.0 Å². The van der Waals surface area contributed by atoms with E-state index in [0.29, 0.717) is 12.8 Å². The lowest BCUT2D eigenvalue weighted by molar-refractivity contribution is -0.143. The Kier molecular flexibility index (Phi) is 7.97. The smallest absolute Gasteiger partial charge is 0.407 e. The summed E-state index contributed by atoms with van der Waals surface area (Å²) in [6.07, 6.45) is 0.536. The summed E-state index contributed by atoms with van der Waals surface area (Å²) in [5.74, 6) is -1.59. The van der Waals surface area contributed by atoms with Crippen molar-refractivity contribution in [2.75, 3.05) is 6.61 Å². The van der Waals surface area contributed by atoms with Gasteiger partial charge in [-0.15, -0.1) is 0 Å². The molecule has 182 valence electrons. The first kappa shape index (κ1) is 25.3. The summed E-state index contributed by atoms with van der Waals surface area (Å²) >= 11 is 0. The van der Waals surface area contributed by atoms with Crippen molar-refractivity contribution in [3.63, 3.8) is 0 Å². The van der Waals surface area contributed by atoms with Crippen LogP contribution >= 0.6 is 0 Å². The molecule has 34 heavy (non-hydrogen) atoms. The van der Waals surface area contributed by atoms with Gasteiger partial charge in [-0.05, 0) is 48.4 Å². The molecule has 0 aromatic heterocycles. The Bertz CT molecular complexity index is 1000. The third-order valence-corrected chi connectivity index (χ3v) is 6.56. The molecule has 0 saturated heterocycles. The highest BCUT2D eigenvalue weighted by molar-refractivity contribution is 5.84. The molecule has 0 radical (unpaired) electrons. The summed E-state index contributed by atoms with van der Waals surface area (Å²) in [4.78, 5) is 36.3. The minimum absolute atomic E-state index is 0.0273. The van der Waals surface area contributed by atoms with Crippen LogP contribution < -0.4 is 10.6 Å². The van der Waals surface area contributed by atoms with Crippen molar-refractivity contribution in [3.05, 3.63) is 59.7 Å². The maximum Gasteiger partial charge on any atom is 0.407 e. The van der Waals surface area contributed by atoms with Gasteiger partial charge in [-0.3, -0.25) is 4.79 Å². The van der Waals surface area contributed by atoms with Gasteiger partial charge in [-0.1, -0.05) is 68.8 Å². The normalized spacial score (nSPS) is 14.5. The van der Waals surface area contributed by atoms with Crippen LogP contribution in [0.4, 0.5) is 4.79 Å². The zero-order valence-corrected chi connectivity index (χ0v) is 20.3. The second-order valence-electron chi connectivity index (χ2n) is 9.60. The number of carboxylic acid groups (broad SMARTS) is 1. The van der Waals surface area contributed by atoms with Gasteiger partial charge < -0.3 is 20.5 Å². The number of hydrogen-bond acceptors (Lipinski definition) is 4. The molecule has 1 aliphatic rings. The lowest BCUT2D eigenvalue weighted by Crippen LogP contribution is -2.47. The molecular formula is C27H34N2O5. The summed E-state index contributed by atoms with van der Waals surface area (Å²) in [5, 5.41) is 14.8. The van der Waals surface area contributed by atoms with Crippen LogP contribution in [0.3, 0.4) is 0 Å². The summed E-state index contributed by atoms with van der Waals surface area (Å²) in [6, 6.07) is 15.4. The van der Waals surface area contributed by atoms with Gasteiger partial charge >= 0.3 is 12.1 Å². The highest BCUT2D eigenvalue weighted by atomic mass is 16.5. The second kappa shape index (κ2) is 10.7. The fraction of sp³-hybridized carbons (Fsp3) is 0.444. The van der Waals surface area contributed by atoms with E-state index < -0.39 is 23.6 Å². The molecule has 2 aromatic carbocycles. The Morgan fingerprint density at radius 1 is 1.03 bits per heavy atom. The van der Waals surface area contributed by atoms with Crippen LogP contribution in [0.2, 0.25) is 0 Å². The van der Waals surface area contributed by atoms with Gasteiger partial charge in [0, 0.05) is 17.9 Å². The molecule has 3 rings (SSSR count). The first-order valence-corrected chi connectivity index (χ1v) is 11.8. The summed E-state index contributed by atoms with van der Waals surface area (Å²) in [7, 11) is 0. The van der Waals surface area contributed by atoms with Crippen molar-refractivity contribution in [2.45, 2.75) is 64.5 Å². The van der Waals surface area contributed by atoms with Gasteiger partial charge in [0.05, 0.1) is 0 Å². The van der Waals surface area contributed by atoms with Crippen LogP contribution in [-0.2, 0) is 14.3 Å². The number of aliphatic carboxylic acids is 1. The number of fused-ring (bicyclic) bond motifs is 3. The van der Waals surface area contributed by atoms with E-state index in [0.717, 1.165) is 22.3 Å². The number of nitrogens with one attached hydrogen (secondary N) is 2. The number of alkyl carbamates (subject to hydrolysis) is 1. The van der Waals surface area contributed by atoms with Gasteiger partial charge in [-0.25, -0.2) is 9.59 Å². The van der Waals surface area contributed by atoms with E-state index in [2.05, 4.69) is 34.9 Å². The van der Waals surface area contributed by atoms with Crippen LogP contribution in [0.1, 0.15) is 64.0 Å². The molecule has 2 unspecified atom stereocenters. The Balaban J connectivity index is 1.53. The SMILES string of the molecule is CCC(C)C(NC(=O)CCC(C)(C)NC(=O)OCC1c2ccccc2-c2ccccc21)C(=O)O. The van der Waals surface area contributed by atoms with Crippen LogP contribution in [0.15, 0.2) is 48.5 Å². The predicted octanol–water partition coefficient (Wildman–Crippen LogP) is 4.70. The zero-order valence-electron chi connectivity index (χ0n) is 20.3. The van der Waals surface area contributed by atoms with Crippen molar-refractivity contribution < 1.29 is 24.2 Å². The van der Waals surface area contributed by atoms with Crippen LogP contribution in [0.25, 0.3) is 11.1 Å². The Hall–Kier alpha value is -3.35. The van der Waals surface area contributed by atoms with Crippen molar-refractivity contribution in [1.82, 2.24) is 10.6 Å². The minimum Gasteiger partial charge on any atom is -0.480 e. The van der Waals surface area contributed by atoms with E-state index in [-0.39, 0.29) is 30.8 Å². The number of carboxylic acids is 1. The predicted molar refractivity (Wildman–Crippen MR) is 131 cm³/mol. The topological polar surface area (TPSA) is 105 Å². The quantitative estimate of drug-likeness (QED) is 0.471. The molecule has 2 atom stereocenters. The first-order chi connectivity index (χ1) is 16.1. The molecule has 2 aromatic rings.